The van der Waals surface area contributed by atoms with Gasteiger partial charge < -0.3 is 0 Å². The number of nitrogens with one attached hydrogen (secondary N) is 1. The third kappa shape index (κ3) is 3.72. The molecule has 0 radical (unpaired) electrons. The minimum absolute atomic E-state index is 0.166. The largest absolute Gasteiger partial charge is 0.298 e. The average Bonchev–Trinajstić information content (AvgIpc) is 3.11. The summed E-state index contributed by atoms with van der Waals surface area (Å²) in [6, 6.07) is 0. The Kier molecular flexibility index (Phi) is 4.54. The summed E-state index contributed by atoms with van der Waals surface area (Å²) in [4.78, 5) is 19.0. The number of anilines is 1. The topological polar surface area (TPSA) is 63.1 Å². The number of likely N-dealkylation sites (tertiary alicyclic amines) is 1. The maximum absolute atomic E-state index is 12.1. The van der Waals surface area contributed by atoms with Crippen molar-refractivity contribution < 1.29 is 4.79 Å². The van der Waals surface area contributed by atoms with E-state index < -0.39 is 0 Å². The first-order chi connectivity index (χ1) is 10.6. The van der Waals surface area contributed by atoms with Crippen LogP contribution in [0.5, 0.6) is 0 Å². The minimum atomic E-state index is -0.166. The van der Waals surface area contributed by atoms with Gasteiger partial charge in [0.1, 0.15) is 0 Å². The highest BCUT2D eigenvalue weighted by Crippen LogP contribution is 2.21. The van der Waals surface area contributed by atoms with Crippen LogP contribution in [-0.2, 0) is 13.6 Å². The Morgan fingerprint density at radius 2 is 2.23 bits per heavy atom. The fraction of sp³-hybridized carbons (Fsp3) is 0.533. The van der Waals surface area contributed by atoms with E-state index in [9.17, 15) is 4.79 Å². The molecular formula is C15H21N5OS. The average molecular weight is 319 g/mol. The second kappa shape index (κ2) is 6.58. The summed E-state index contributed by atoms with van der Waals surface area (Å²) in [7, 11) is 1.79. The molecule has 0 unspecified atom stereocenters. The highest BCUT2D eigenvalue weighted by molar-refractivity contribution is 7.13. The summed E-state index contributed by atoms with van der Waals surface area (Å²) in [6.07, 6.45) is 5.76. The van der Waals surface area contributed by atoms with Crippen LogP contribution in [0.25, 0.3) is 0 Å². The van der Waals surface area contributed by atoms with E-state index >= 15 is 0 Å². The number of nitrogens with zero attached hydrogens (tertiary/aromatic N) is 4. The molecule has 0 spiro atoms. The summed E-state index contributed by atoms with van der Waals surface area (Å²) in [6.45, 7) is 5.45. The van der Waals surface area contributed by atoms with E-state index in [0.717, 1.165) is 31.2 Å². The second-order valence-corrected chi connectivity index (χ2v) is 6.82. The van der Waals surface area contributed by atoms with Crippen molar-refractivity contribution in [1.82, 2.24) is 19.7 Å². The van der Waals surface area contributed by atoms with Gasteiger partial charge in [0.15, 0.2) is 5.13 Å². The van der Waals surface area contributed by atoms with Crippen molar-refractivity contribution in [2.75, 3.05) is 18.4 Å². The van der Waals surface area contributed by atoms with E-state index in [1.807, 2.05) is 5.38 Å². The molecule has 1 fully saturated rings. The Morgan fingerprint density at radius 1 is 1.45 bits per heavy atom. The van der Waals surface area contributed by atoms with Crippen molar-refractivity contribution in [3.8, 4) is 0 Å². The summed E-state index contributed by atoms with van der Waals surface area (Å²) in [5.41, 5.74) is 1.57. The van der Waals surface area contributed by atoms with Gasteiger partial charge in [0.05, 0.1) is 17.5 Å². The Bertz CT molecular complexity index is 642. The Balaban J connectivity index is 1.56. The van der Waals surface area contributed by atoms with E-state index in [4.69, 9.17) is 0 Å². The van der Waals surface area contributed by atoms with Gasteiger partial charge >= 0.3 is 0 Å². The van der Waals surface area contributed by atoms with Crippen LogP contribution < -0.4 is 5.32 Å². The molecule has 3 heterocycles. The lowest BCUT2D eigenvalue weighted by atomic mass is 9.99. The highest BCUT2D eigenvalue weighted by atomic mass is 32.1. The molecule has 0 aliphatic carbocycles. The lowest BCUT2D eigenvalue weighted by Gasteiger charge is -2.29. The van der Waals surface area contributed by atoms with Crippen LogP contribution in [0.1, 0.15) is 35.8 Å². The molecule has 22 heavy (non-hydrogen) atoms. The first kappa shape index (κ1) is 15.2. The number of hydrogen-bond acceptors (Lipinski definition) is 5. The van der Waals surface area contributed by atoms with E-state index in [1.165, 1.54) is 24.2 Å². The number of hydrogen-bond donors (Lipinski definition) is 1. The monoisotopic (exact) mass is 319 g/mol. The molecule has 0 saturated carbocycles. The molecule has 6 nitrogen and oxygen atoms in total. The molecule has 2 aromatic rings. The fourth-order valence-electron chi connectivity index (χ4n) is 2.59. The van der Waals surface area contributed by atoms with Crippen molar-refractivity contribution in [1.29, 1.82) is 0 Å². The molecule has 3 rings (SSSR count). The van der Waals surface area contributed by atoms with Gasteiger partial charge in [-0.25, -0.2) is 4.98 Å². The molecule has 0 atom stereocenters. The van der Waals surface area contributed by atoms with Gasteiger partial charge in [0.25, 0.3) is 5.91 Å². The van der Waals surface area contributed by atoms with Gasteiger partial charge in [-0.15, -0.1) is 11.3 Å². The summed E-state index contributed by atoms with van der Waals surface area (Å²) in [5, 5.41) is 9.51. The smallest absolute Gasteiger partial charge is 0.260 e. The fourth-order valence-corrected chi connectivity index (χ4v) is 3.29. The Hall–Kier alpha value is -1.73. The molecule has 0 bridgehead atoms. The maximum atomic E-state index is 12.1. The third-order valence-corrected chi connectivity index (χ3v) is 4.81. The van der Waals surface area contributed by atoms with E-state index in [-0.39, 0.29) is 5.91 Å². The number of aromatic nitrogens is 3. The van der Waals surface area contributed by atoms with E-state index in [2.05, 4.69) is 27.2 Å². The molecular weight excluding hydrogens is 298 g/mol. The van der Waals surface area contributed by atoms with Crippen LogP contribution in [0.3, 0.4) is 0 Å². The number of rotatable bonds is 4. The van der Waals surface area contributed by atoms with Crippen molar-refractivity contribution >= 4 is 22.4 Å². The number of amides is 1. The Labute approximate surface area is 134 Å². The van der Waals surface area contributed by atoms with Gasteiger partial charge in [-0.2, -0.15) is 5.10 Å². The number of carbonyl (C=O) groups excluding carboxylic acids is 1. The van der Waals surface area contributed by atoms with Gasteiger partial charge in [0.2, 0.25) is 0 Å². The highest BCUT2D eigenvalue weighted by Gasteiger charge is 2.17. The number of piperidine rings is 1. The first-order valence-electron chi connectivity index (χ1n) is 7.57. The number of aryl methyl sites for hydroxylation is 1. The van der Waals surface area contributed by atoms with E-state index in [1.54, 1.807) is 24.1 Å². The zero-order chi connectivity index (χ0) is 15.5. The lowest BCUT2D eigenvalue weighted by Crippen LogP contribution is -2.32. The van der Waals surface area contributed by atoms with Crippen LogP contribution in [-0.4, -0.2) is 38.7 Å². The molecule has 118 valence electrons. The quantitative estimate of drug-likeness (QED) is 0.940. The minimum Gasteiger partial charge on any atom is -0.298 e. The molecule has 1 N–H and O–H groups in total. The summed E-state index contributed by atoms with van der Waals surface area (Å²) >= 11 is 1.47. The molecule has 1 aliphatic rings. The van der Waals surface area contributed by atoms with Crippen molar-refractivity contribution in [2.45, 2.75) is 26.3 Å². The zero-order valence-corrected chi connectivity index (χ0v) is 13.8. The summed E-state index contributed by atoms with van der Waals surface area (Å²) < 4.78 is 1.61. The zero-order valence-electron chi connectivity index (χ0n) is 13.0. The van der Waals surface area contributed by atoms with Crippen molar-refractivity contribution in [3.63, 3.8) is 0 Å². The van der Waals surface area contributed by atoms with Crippen LogP contribution in [0.15, 0.2) is 17.8 Å². The number of carbonyl (C=O) groups is 1. The van der Waals surface area contributed by atoms with Crippen LogP contribution in [0, 0.1) is 5.92 Å². The van der Waals surface area contributed by atoms with Gasteiger partial charge in [-0.1, -0.05) is 6.92 Å². The summed E-state index contributed by atoms with van der Waals surface area (Å²) in [5.74, 6) is 0.668. The van der Waals surface area contributed by atoms with Crippen LogP contribution in [0.2, 0.25) is 0 Å². The predicted molar refractivity (Wildman–Crippen MR) is 87.0 cm³/mol. The van der Waals surface area contributed by atoms with Crippen LogP contribution in [0.4, 0.5) is 5.13 Å². The SMILES string of the molecule is CC1CCN(Cc2csc(NC(=O)c3cnn(C)c3)n2)CC1. The van der Waals surface area contributed by atoms with E-state index in [0.29, 0.717) is 10.7 Å². The lowest BCUT2D eigenvalue weighted by molar-refractivity contribution is 0.102. The maximum Gasteiger partial charge on any atom is 0.260 e. The van der Waals surface area contributed by atoms with Crippen molar-refractivity contribution in [2.24, 2.45) is 13.0 Å². The van der Waals surface area contributed by atoms with Gasteiger partial charge in [0, 0.05) is 25.2 Å². The van der Waals surface area contributed by atoms with Crippen molar-refractivity contribution in [3.05, 3.63) is 29.0 Å². The van der Waals surface area contributed by atoms with Gasteiger partial charge in [-0.3, -0.25) is 19.7 Å². The normalized spacial score (nSPS) is 16.8. The molecule has 1 amide bonds. The molecule has 2 aromatic heterocycles. The third-order valence-electron chi connectivity index (χ3n) is 4.00. The van der Waals surface area contributed by atoms with Gasteiger partial charge in [-0.05, 0) is 31.8 Å². The molecule has 7 heteroatoms. The molecule has 1 aliphatic heterocycles. The first-order valence-corrected chi connectivity index (χ1v) is 8.45. The second-order valence-electron chi connectivity index (χ2n) is 5.96. The Morgan fingerprint density at radius 3 is 2.91 bits per heavy atom. The van der Waals surface area contributed by atoms with Crippen LogP contribution >= 0.6 is 11.3 Å². The predicted octanol–water partition coefficient (Wildman–Crippen LogP) is 2.36. The standard InChI is InChI=1S/C15H21N5OS/c1-11-3-5-20(6-4-11)9-13-10-22-15(17-13)18-14(21)12-7-16-19(2)8-12/h7-8,10-11H,3-6,9H2,1-2H3,(H,17,18,21). The number of thiazole rings is 1. The molecule has 1 saturated heterocycles. The molecule has 0 aromatic carbocycles.